The lowest BCUT2D eigenvalue weighted by molar-refractivity contribution is -0.137. The van der Waals surface area contributed by atoms with Crippen molar-refractivity contribution in [1.29, 1.82) is 0 Å². The van der Waals surface area contributed by atoms with Crippen LogP contribution in [-0.4, -0.2) is 41.7 Å². The molecule has 0 aromatic rings. The summed E-state index contributed by atoms with van der Waals surface area (Å²) in [6, 6.07) is 0.00833. The zero-order valence-corrected chi connectivity index (χ0v) is 9.48. The molecule has 2 unspecified atom stereocenters. The number of hydrogen-bond donors (Lipinski definition) is 2. The van der Waals surface area contributed by atoms with E-state index in [-0.39, 0.29) is 24.5 Å². The molecule has 15 heavy (non-hydrogen) atoms. The van der Waals surface area contributed by atoms with Crippen LogP contribution in [0.2, 0.25) is 0 Å². The van der Waals surface area contributed by atoms with E-state index in [0.29, 0.717) is 6.54 Å². The molecule has 4 nitrogen and oxygen atoms in total. The second-order valence-electron chi connectivity index (χ2n) is 4.35. The van der Waals surface area contributed by atoms with Crippen molar-refractivity contribution in [3.63, 3.8) is 0 Å². The normalized spacial score (nSPS) is 24.7. The number of aliphatic hydroxyl groups is 1. The van der Waals surface area contributed by atoms with E-state index in [2.05, 4.69) is 0 Å². The minimum Gasteiger partial charge on any atom is -0.394 e. The Kier molecular flexibility index (Phi) is 5.05. The highest BCUT2D eigenvalue weighted by Crippen LogP contribution is 2.18. The molecule has 3 N–H and O–H groups in total. The predicted molar refractivity (Wildman–Crippen MR) is 59.3 cm³/mol. The summed E-state index contributed by atoms with van der Waals surface area (Å²) in [5.74, 6) is -0.0319. The molecule has 1 aliphatic heterocycles. The molecule has 1 aliphatic rings. The van der Waals surface area contributed by atoms with Gasteiger partial charge >= 0.3 is 0 Å². The molecular formula is C11H22N2O2. The van der Waals surface area contributed by atoms with E-state index in [0.717, 1.165) is 32.2 Å². The quantitative estimate of drug-likeness (QED) is 0.712. The molecule has 0 saturated carbocycles. The van der Waals surface area contributed by atoms with E-state index in [1.807, 2.05) is 11.8 Å². The Bertz CT molecular complexity index is 209. The summed E-state index contributed by atoms with van der Waals surface area (Å²) in [7, 11) is 0. The van der Waals surface area contributed by atoms with Crippen LogP contribution < -0.4 is 5.73 Å². The van der Waals surface area contributed by atoms with E-state index in [4.69, 9.17) is 5.73 Å². The van der Waals surface area contributed by atoms with Gasteiger partial charge in [0, 0.05) is 19.0 Å². The van der Waals surface area contributed by atoms with Gasteiger partial charge in [0.25, 0.3) is 0 Å². The lowest BCUT2D eigenvalue weighted by Gasteiger charge is -2.30. The Morgan fingerprint density at radius 1 is 1.53 bits per heavy atom. The molecule has 1 fully saturated rings. The Morgan fingerprint density at radius 3 is 2.87 bits per heavy atom. The molecule has 1 rings (SSSR count). The summed E-state index contributed by atoms with van der Waals surface area (Å²) in [5, 5.41) is 9.26. The predicted octanol–water partition coefficient (Wildman–Crippen LogP) is 0.345. The molecule has 0 aromatic heterocycles. The molecule has 0 bridgehead atoms. The molecule has 0 spiro atoms. The van der Waals surface area contributed by atoms with E-state index in [1.54, 1.807) is 0 Å². The Hall–Kier alpha value is -0.610. The molecule has 1 saturated heterocycles. The smallest absolute Gasteiger partial charge is 0.227 e. The summed E-state index contributed by atoms with van der Waals surface area (Å²) >= 11 is 0. The Morgan fingerprint density at radius 2 is 2.27 bits per heavy atom. The lowest BCUT2D eigenvalue weighted by Crippen LogP contribution is -2.45. The average molecular weight is 214 g/mol. The summed E-state index contributed by atoms with van der Waals surface area (Å²) in [6.07, 6.45) is 4.21. The van der Waals surface area contributed by atoms with Crippen LogP contribution in [0.25, 0.3) is 0 Å². The van der Waals surface area contributed by atoms with Crippen LogP contribution >= 0.6 is 0 Å². The van der Waals surface area contributed by atoms with Crippen LogP contribution in [0.1, 0.15) is 32.6 Å². The largest absolute Gasteiger partial charge is 0.394 e. The molecule has 88 valence electrons. The number of likely N-dealkylation sites (tertiary alicyclic amines) is 1. The van der Waals surface area contributed by atoms with Crippen LogP contribution in [0, 0.1) is 5.92 Å². The topological polar surface area (TPSA) is 66.6 Å². The summed E-state index contributed by atoms with van der Waals surface area (Å²) in [6.45, 7) is 3.08. The standard InChI is InChI=1S/C11H22N2O2/c1-9(7-12)11(15)13-6-4-2-3-5-10(13)8-14/h9-10,14H,2-8,12H2,1H3. The lowest BCUT2D eigenvalue weighted by atomic mass is 10.1. The highest BCUT2D eigenvalue weighted by molar-refractivity contribution is 5.79. The fraction of sp³-hybridized carbons (Fsp3) is 0.909. The van der Waals surface area contributed by atoms with Gasteiger partial charge in [0.1, 0.15) is 0 Å². The van der Waals surface area contributed by atoms with Gasteiger partial charge in [-0.2, -0.15) is 0 Å². The van der Waals surface area contributed by atoms with Crippen molar-refractivity contribution in [2.45, 2.75) is 38.6 Å². The number of carbonyl (C=O) groups excluding carboxylic acids is 1. The first-order chi connectivity index (χ1) is 7.20. The maximum Gasteiger partial charge on any atom is 0.227 e. The first kappa shape index (κ1) is 12.5. The van der Waals surface area contributed by atoms with Gasteiger partial charge in [-0.25, -0.2) is 0 Å². The third-order valence-electron chi connectivity index (χ3n) is 3.15. The zero-order chi connectivity index (χ0) is 11.3. The SMILES string of the molecule is CC(CN)C(=O)N1CCCCCC1CO. The van der Waals surface area contributed by atoms with E-state index in [9.17, 15) is 9.90 Å². The van der Waals surface area contributed by atoms with Gasteiger partial charge in [0.2, 0.25) is 5.91 Å². The van der Waals surface area contributed by atoms with Crippen molar-refractivity contribution in [2.24, 2.45) is 11.7 Å². The zero-order valence-electron chi connectivity index (χ0n) is 9.48. The number of nitrogens with two attached hydrogens (primary N) is 1. The monoisotopic (exact) mass is 214 g/mol. The Labute approximate surface area is 91.4 Å². The molecule has 0 radical (unpaired) electrons. The first-order valence-electron chi connectivity index (χ1n) is 5.82. The van der Waals surface area contributed by atoms with Gasteiger partial charge in [-0.1, -0.05) is 19.8 Å². The van der Waals surface area contributed by atoms with Crippen LogP contribution in [0.5, 0.6) is 0 Å². The van der Waals surface area contributed by atoms with Gasteiger partial charge in [-0.15, -0.1) is 0 Å². The van der Waals surface area contributed by atoms with E-state index < -0.39 is 0 Å². The highest BCUT2D eigenvalue weighted by atomic mass is 16.3. The summed E-state index contributed by atoms with van der Waals surface area (Å²) < 4.78 is 0. The van der Waals surface area contributed by atoms with Gasteiger partial charge in [-0.3, -0.25) is 4.79 Å². The number of rotatable bonds is 3. The maximum atomic E-state index is 12.0. The fourth-order valence-electron chi connectivity index (χ4n) is 2.04. The number of nitrogens with zero attached hydrogens (tertiary/aromatic N) is 1. The number of carbonyl (C=O) groups is 1. The van der Waals surface area contributed by atoms with Gasteiger partial charge in [0.15, 0.2) is 0 Å². The first-order valence-corrected chi connectivity index (χ1v) is 5.82. The number of hydrogen-bond acceptors (Lipinski definition) is 3. The average Bonchev–Trinajstić information content (AvgIpc) is 2.51. The fourth-order valence-corrected chi connectivity index (χ4v) is 2.04. The van der Waals surface area contributed by atoms with E-state index in [1.165, 1.54) is 0 Å². The third kappa shape index (κ3) is 3.18. The summed E-state index contributed by atoms with van der Waals surface area (Å²) in [4.78, 5) is 13.8. The van der Waals surface area contributed by atoms with E-state index >= 15 is 0 Å². The van der Waals surface area contributed by atoms with Crippen molar-refractivity contribution >= 4 is 5.91 Å². The Balaban J connectivity index is 2.65. The molecular weight excluding hydrogens is 192 g/mol. The van der Waals surface area contributed by atoms with Gasteiger partial charge < -0.3 is 15.7 Å². The van der Waals surface area contributed by atoms with Crippen LogP contribution in [0.15, 0.2) is 0 Å². The van der Waals surface area contributed by atoms with Crippen LogP contribution in [0.3, 0.4) is 0 Å². The molecule has 2 atom stereocenters. The maximum absolute atomic E-state index is 12.0. The van der Waals surface area contributed by atoms with Crippen molar-refractivity contribution in [3.05, 3.63) is 0 Å². The second-order valence-corrected chi connectivity index (χ2v) is 4.35. The molecule has 0 aromatic carbocycles. The van der Waals surface area contributed by atoms with Crippen molar-refractivity contribution in [3.8, 4) is 0 Å². The minimum absolute atomic E-state index is 0.00833. The highest BCUT2D eigenvalue weighted by Gasteiger charge is 2.27. The second kappa shape index (κ2) is 6.08. The third-order valence-corrected chi connectivity index (χ3v) is 3.15. The van der Waals surface area contributed by atoms with Crippen molar-refractivity contribution in [2.75, 3.05) is 19.7 Å². The minimum atomic E-state index is -0.128. The van der Waals surface area contributed by atoms with Gasteiger partial charge in [0.05, 0.1) is 12.6 Å². The molecule has 1 heterocycles. The molecule has 1 amide bonds. The van der Waals surface area contributed by atoms with Gasteiger partial charge in [-0.05, 0) is 12.8 Å². The molecule has 4 heteroatoms. The summed E-state index contributed by atoms with van der Waals surface area (Å²) in [5.41, 5.74) is 5.50. The van der Waals surface area contributed by atoms with Crippen molar-refractivity contribution in [1.82, 2.24) is 4.90 Å². The molecule has 0 aliphatic carbocycles. The number of aliphatic hydroxyl groups excluding tert-OH is 1. The van der Waals surface area contributed by atoms with Crippen LogP contribution in [-0.2, 0) is 4.79 Å². The van der Waals surface area contributed by atoms with Crippen LogP contribution in [0.4, 0.5) is 0 Å². The number of amides is 1. The van der Waals surface area contributed by atoms with Crippen molar-refractivity contribution < 1.29 is 9.90 Å².